The Morgan fingerprint density at radius 2 is 2.40 bits per heavy atom. The molecule has 0 radical (unpaired) electrons. The van der Waals surface area contributed by atoms with Gasteiger partial charge in [0.1, 0.15) is 0 Å². The van der Waals surface area contributed by atoms with Crippen LogP contribution in [-0.2, 0) is 6.54 Å². The summed E-state index contributed by atoms with van der Waals surface area (Å²) in [5.74, 6) is 0.673. The third-order valence-corrected chi connectivity index (χ3v) is 3.24. The van der Waals surface area contributed by atoms with Crippen molar-refractivity contribution in [2.24, 2.45) is 0 Å². The van der Waals surface area contributed by atoms with Gasteiger partial charge in [-0.1, -0.05) is 6.92 Å². The van der Waals surface area contributed by atoms with Crippen molar-refractivity contribution >= 4 is 0 Å². The average molecular weight is 207 g/mol. The second-order valence-corrected chi connectivity index (χ2v) is 4.62. The lowest BCUT2D eigenvalue weighted by Crippen LogP contribution is -2.35. The van der Waals surface area contributed by atoms with Crippen molar-refractivity contribution in [1.82, 2.24) is 15.1 Å². The second-order valence-electron chi connectivity index (χ2n) is 4.62. The molecule has 1 N–H and O–H groups in total. The summed E-state index contributed by atoms with van der Waals surface area (Å²) in [6.07, 6.45) is 7.99. The molecule has 2 unspecified atom stereocenters. The molecule has 0 aromatic carbocycles. The van der Waals surface area contributed by atoms with E-state index in [2.05, 4.69) is 35.1 Å². The lowest BCUT2D eigenvalue weighted by Gasteiger charge is -2.26. The Balaban J connectivity index is 1.96. The van der Waals surface area contributed by atoms with Crippen LogP contribution in [0.2, 0.25) is 0 Å². The van der Waals surface area contributed by atoms with Crippen LogP contribution in [-0.4, -0.2) is 22.4 Å². The fourth-order valence-corrected chi connectivity index (χ4v) is 2.23. The number of hydrogen-bond donors (Lipinski definition) is 1. The van der Waals surface area contributed by atoms with E-state index in [-0.39, 0.29) is 0 Å². The van der Waals surface area contributed by atoms with Gasteiger partial charge in [0, 0.05) is 25.3 Å². The molecule has 0 bridgehead atoms. The summed E-state index contributed by atoms with van der Waals surface area (Å²) >= 11 is 0. The fraction of sp³-hybridized carbons (Fsp3) is 0.750. The number of rotatable bonds is 3. The van der Waals surface area contributed by atoms with E-state index in [1.54, 1.807) is 0 Å². The van der Waals surface area contributed by atoms with Crippen LogP contribution in [0.3, 0.4) is 0 Å². The van der Waals surface area contributed by atoms with E-state index in [1.165, 1.54) is 18.4 Å². The predicted molar refractivity (Wildman–Crippen MR) is 62.0 cm³/mol. The first-order valence-electron chi connectivity index (χ1n) is 6.05. The van der Waals surface area contributed by atoms with Gasteiger partial charge in [0.15, 0.2) is 0 Å². The molecule has 3 heteroatoms. The Labute approximate surface area is 91.9 Å². The highest BCUT2D eigenvalue weighted by atomic mass is 15.3. The molecule has 1 aromatic heterocycles. The third kappa shape index (κ3) is 2.59. The van der Waals surface area contributed by atoms with E-state index in [1.807, 2.05) is 6.20 Å². The second kappa shape index (κ2) is 4.79. The SMILES string of the molecule is CCCn1cc(C2CCC(C)NC2)cn1. The molecule has 15 heavy (non-hydrogen) atoms. The number of piperidine rings is 1. The van der Waals surface area contributed by atoms with Crippen LogP contribution in [0, 0.1) is 0 Å². The summed E-state index contributed by atoms with van der Waals surface area (Å²) in [6.45, 7) is 6.59. The van der Waals surface area contributed by atoms with Gasteiger partial charge in [-0.3, -0.25) is 4.68 Å². The van der Waals surface area contributed by atoms with Crippen LogP contribution in [0.5, 0.6) is 0 Å². The van der Waals surface area contributed by atoms with Crippen LogP contribution in [0.1, 0.15) is 44.6 Å². The summed E-state index contributed by atoms with van der Waals surface area (Å²) in [5.41, 5.74) is 1.41. The summed E-state index contributed by atoms with van der Waals surface area (Å²) < 4.78 is 2.06. The standard InChI is InChI=1S/C12H21N3/c1-3-6-15-9-12(8-14-15)11-5-4-10(2)13-7-11/h8-11,13H,3-7H2,1-2H3. The Hall–Kier alpha value is -0.830. The highest BCUT2D eigenvalue weighted by molar-refractivity contribution is 5.13. The number of aromatic nitrogens is 2. The van der Waals surface area contributed by atoms with Crippen molar-refractivity contribution < 1.29 is 0 Å². The van der Waals surface area contributed by atoms with E-state index in [9.17, 15) is 0 Å². The summed E-state index contributed by atoms with van der Waals surface area (Å²) in [7, 11) is 0. The first kappa shape index (κ1) is 10.7. The molecule has 1 fully saturated rings. The van der Waals surface area contributed by atoms with Crippen molar-refractivity contribution in [3.63, 3.8) is 0 Å². The molecular formula is C12H21N3. The van der Waals surface area contributed by atoms with E-state index < -0.39 is 0 Å². The van der Waals surface area contributed by atoms with Crippen LogP contribution in [0.15, 0.2) is 12.4 Å². The van der Waals surface area contributed by atoms with Gasteiger partial charge in [-0.25, -0.2) is 0 Å². The Morgan fingerprint density at radius 1 is 1.53 bits per heavy atom. The van der Waals surface area contributed by atoms with Gasteiger partial charge in [0.05, 0.1) is 6.20 Å². The quantitative estimate of drug-likeness (QED) is 0.823. The normalized spacial score (nSPS) is 26.8. The number of nitrogens with zero attached hydrogens (tertiary/aromatic N) is 2. The molecule has 0 saturated carbocycles. The molecular weight excluding hydrogens is 186 g/mol. The number of hydrogen-bond acceptors (Lipinski definition) is 2. The van der Waals surface area contributed by atoms with Crippen molar-refractivity contribution in [3.05, 3.63) is 18.0 Å². The molecule has 1 saturated heterocycles. The molecule has 1 aliphatic rings. The predicted octanol–water partition coefficient (Wildman–Crippen LogP) is 2.15. The lowest BCUT2D eigenvalue weighted by molar-refractivity contribution is 0.385. The monoisotopic (exact) mass is 207 g/mol. The van der Waals surface area contributed by atoms with E-state index >= 15 is 0 Å². The van der Waals surface area contributed by atoms with E-state index in [0.29, 0.717) is 12.0 Å². The van der Waals surface area contributed by atoms with Gasteiger partial charge in [0.2, 0.25) is 0 Å². The smallest absolute Gasteiger partial charge is 0.0525 e. The molecule has 1 aromatic rings. The van der Waals surface area contributed by atoms with Crippen molar-refractivity contribution in [3.8, 4) is 0 Å². The highest BCUT2D eigenvalue weighted by Gasteiger charge is 2.19. The van der Waals surface area contributed by atoms with E-state index in [4.69, 9.17) is 0 Å². The molecule has 3 nitrogen and oxygen atoms in total. The van der Waals surface area contributed by atoms with Gasteiger partial charge in [0.25, 0.3) is 0 Å². The Kier molecular flexibility index (Phi) is 3.41. The van der Waals surface area contributed by atoms with Gasteiger partial charge in [-0.05, 0) is 37.7 Å². The van der Waals surface area contributed by atoms with Gasteiger partial charge in [-0.15, -0.1) is 0 Å². The minimum atomic E-state index is 0.673. The average Bonchev–Trinajstić information content (AvgIpc) is 2.68. The van der Waals surface area contributed by atoms with Crippen LogP contribution in [0.4, 0.5) is 0 Å². The molecule has 2 heterocycles. The molecule has 84 valence electrons. The highest BCUT2D eigenvalue weighted by Crippen LogP contribution is 2.24. The maximum absolute atomic E-state index is 4.39. The molecule has 1 aliphatic heterocycles. The molecule has 0 amide bonds. The lowest BCUT2D eigenvalue weighted by atomic mass is 9.91. The van der Waals surface area contributed by atoms with Gasteiger partial charge >= 0.3 is 0 Å². The molecule has 2 rings (SSSR count). The summed E-state index contributed by atoms with van der Waals surface area (Å²) in [4.78, 5) is 0. The van der Waals surface area contributed by atoms with Crippen molar-refractivity contribution in [2.75, 3.05) is 6.54 Å². The molecule has 0 spiro atoms. The van der Waals surface area contributed by atoms with Crippen molar-refractivity contribution in [1.29, 1.82) is 0 Å². The molecule has 2 atom stereocenters. The molecule has 0 aliphatic carbocycles. The summed E-state index contributed by atoms with van der Waals surface area (Å²) in [5, 5.41) is 7.92. The first-order chi connectivity index (χ1) is 7.29. The summed E-state index contributed by atoms with van der Waals surface area (Å²) in [6, 6.07) is 0.687. The minimum Gasteiger partial charge on any atom is -0.314 e. The van der Waals surface area contributed by atoms with E-state index in [0.717, 1.165) is 19.5 Å². The Morgan fingerprint density at radius 3 is 3.07 bits per heavy atom. The number of nitrogens with one attached hydrogen (secondary N) is 1. The number of aryl methyl sites for hydroxylation is 1. The zero-order valence-electron chi connectivity index (χ0n) is 9.74. The maximum atomic E-state index is 4.39. The van der Waals surface area contributed by atoms with Gasteiger partial charge < -0.3 is 5.32 Å². The largest absolute Gasteiger partial charge is 0.314 e. The van der Waals surface area contributed by atoms with Crippen molar-refractivity contribution in [2.45, 2.75) is 51.6 Å². The van der Waals surface area contributed by atoms with Gasteiger partial charge in [-0.2, -0.15) is 5.10 Å². The van der Waals surface area contributed by atoms with Crippen LogP contribution < -0.4 is 5.32 Å². The minimum absolute atomic E-state index is 0.673. The zero-order valence-corrected chi connectivity index (χ0v) is 9.74. The first-order valence-corrected chi connectivity index (χ1v) is 6.05. The fourth-order valence-electron chi connectivity index (χ4n) is 2.23. The van der Waals surface area contributed by atoms with Crippen LogP contribution in [0.25, 0.3) is 0 Å². The Bertz CT molecular complexity index is 298. The van der Waals surface area contributed by atoms with Crippen LogP contribution >= 0.6 is 0 Å². The zero-order chi connectivity index (χ0) is 10.7. The topological polar surface area (TPSA) is 29.9 Å². The maximum Gasteiger partial charge on any atom is 0.0525 e. The third-order valence-electron chi connectivity index (χ3n) is 3.24.